The van der Waals surface area contributed by atoms with E-state index in [1.165, 1.54) is 10.5 Å². The number of likely N-dealkylation sites (tertiary alicyclic amines) is 1. The van der Waals surface area contributed by atoms with Gasteiger partial charge in [0.25, 0.3) is 0 Å². The fourth-order valence-corrected chi connectivity index (χ4v) is 5.47. The monoisotopic (exact) mass is 368 g/mol. The molecule has 8 heteroatoms. The highest BCUT2D eigenvalue weighted by Crippen LogP contribution is 2.42. The maximum absolute atomic E-state index is 13.0. The maximum atomic E-state index is 13.0. The molecule has 25 heavy (non-hydrogen) atoms. The number of carbonyl (C=O) groups is 1. The zero-order valence-corrected chi connectivity index (χ0v) is 16.1. The minimum absolute atomic E-state index is 0.119. The van der Waals surface area contributed by atoms with E-state index in [0.29, 0.717) is 19.5 Å². The molecule has 0 N–H and O–H groups in total. The van der Waals surface area contributed by atoms with Crippen LogP contribution >= 0.6 is 0 Å². The first-order valence-corrected chi connectivity index (χ1v) is 10.6. The molecule has 1 atom stereocenters. The summed E-state index contributed by atoms with van der Waals surface area (Å²) in [6, 6.07) is 0.155. The number of rotatable bonds is 5. The Kier molecular flexibility index (Phi) is 4.94. The molecule has 2 aliphatic rings. The van der Waals surface area contributed by atoms with Gasteiger partial charge in [-0.25, -0.2) is 8.42 Å². The molecule has 0 aliphatic carbocycles. The zero-order valence-electron chi connectivity index (χ0n) is 15.3. The van der Waals surface area contributed by atoms with E-state index in [-0.39, 0.29) is 23.4 Å². The van der Waals surface area contributed by atoms with E-state index >= 15 is 0 Å². The smallest absolute Gasteiger partial charge is 0.246 e. The van der Waals surface area contributed by atoms with Crippen LogP contribution in [0.15, 0.2) is 17.3 Å². The first-order valence-electron chi connectivity index (χ1n) is 9.14. The van der Waals surface area contributed by atoms with Gasteiger partial charge in [-0.2, -0.15) is 9.40 Å². The number of hydrogen-bond donors (Lipinski definition) is 0. The van der Waals surface area contributed by atoms with E-state index in [1.807, 2.05) is 25.7 Å². The second-order valence-corrected chi connectivity index (χ2v) is 9.44. The van der Waals surface area contributed by atoms with Gasteiger partial charge < -0.3 is 4.90 Å². The van der Waals surface area contributed by atoms with Crippen LogP contribution in [0.5, 0.6) is 0 Å². The van der Waals surface area contributed by atoms with Crippen LogP contribution in [0, 0.1) is 5.41 Å². The fourth-order valence-electron chi connectivity index (χ4n) is 3.99. The van der Waals surface area contributed by atoms with E-state index in [9.17, 15) is 13.2 Å². The Labute approximate surface area is 150 Å². The summed E-state index contributed by atoms with van der Waals surface area (Å²) in [4.78, 5) is 15.1. The lowest BCUT2D eigenvalue weighted by molar-refractivity contribution is -0.147. The second-order valence-electron chi connectivity index (χ2n) is 7.50. The molecule has 1 aromatic heterocycles. The lowest BCUT2D eigenvalue weighted by atomic mass is 9.78. The normalized spacial score (nSPS) is 25.4. The summed E-state index contributed by atoms with van der Waals surface area (Å²) in [5.74, 6) is 0.119. The summed E-state index contributed by atoms with van der Waals surface area (Å²) < 4.78 is 29.0. The van der Waals surface area contributed by atoms with E-state index in [4.69, 9.17) is 0 Å². The number of carbonyl (C=O) groups excluding carboxylic acids is 1. The van der Waals surface area contributed by atoms with Crippen molar-refractivity contribution in [2.75, 3.05) is 19.6 Å². The number of aromatic nitrogens is 2. The van der Waals surface area contributed by atoms with Crippen LogP contribution in [0.25, 0.3) is 0 Å². The molecule has 0 unspecified atom stereocenters. The van der Waals surface area contributed by atoms with Crippen molar-refractivity contribution in [3.05, 3.63) is 12.4 Å². The third kappa shape index (κ3) is 3.21. The molecule has 140 valence electrons. The van der Waals surface area contributed by atoms with Gasteiger partial charge in [0.1, 0.15) is 4.90 Å². The van der Waals surface area contributed by atoms with E-state index < -0.39 is 15.4 Å². The lowest BCUT2D eigenvalue weighted by Gasteiger charge is -2.41. The van der Waals surface area contributed by atoms with Crippen LogP contribution in [0.2, 0.25) is 0 Å². The van der Waals surface area contributed by atoms with Gasteiger partial charge in [0, 0.05) is 38.4 Å². The van der Waals surface area contributed by atoms with Gasteiger partial charge in [-0.05, 0) is 39.5 Å². The van der Waals surface area contributed by atoms with Crippen molar-refractivity contribution in [2.45, 2.75) is 63.9 Å². The topological polar surface area (TPSA) is 75.5 Å². The Morgan fingerprint density at radius 1 is 1.28 bits per heavy atom. The Morgan fingerprint density at radius 2 is 2.04 bits per heavy atom. The minimum Gasteiger partial charge on any atom is -0.340 e. The predicted molar refractivity (Wildman–Crippen MR) is 94.4 cm³/mol. The fraction of sp³-hybridized carbons (Fsp3) is 0.765. The van der Waals surface area contributed by atoms with Crippen molar-refractivity contribution < 1.29 is 13.2 Å². The van der Waals surface area contributed by atoms with Gasteiger partial charge in [0.2, 0.25) is 15.9 Å². The lowest BCUT2D eigenvalue weighted by Crippen LogP contribution is -2.52. The molecule has 7 nitrogen and oxygen atoms in total. The van der Waals surface area contributed by atoms with Crippen LogP contribution in [0.3, 0.4) is 0 Å². The second kappa shape index (κ2) is 6.72. The molecule has 3 rings (SSSR count). The van der Waals surface area contributed by atoms with Crippen LogP contribution in [-0.2, 0) is 21.4 Å². The molecule has 0 radical (unpaired) electrons. The predicted octanol–water partition coefficient (Wildman–Crippen LogP) is 1.70. The number of sulfonamides is 1. The van der Waals surface area contributed by atoms with E-state index in [0.717, 1.165) is 25.8 Å². The summed E-state index contributed by atoms with van der Waals surface area (Å²) in [5.41, 5.74) is -0.547. The molecule has 1 spiro atoms. The molecule has 3 heterocycles. The standard InChI is InChI=1S/C17H28N4O3S/c1-4-8-19-12-15(11-18-19)25(23,24)20-10-7-17(13-20)6-5-9-21(14(2)3)16(17)22/h11-12,14H,4-10,13H2,1-3H3/t17-/m1/s1. The number of amides is 1. The van der Waals surface area contributed by atoms with Gasteiger partial charge in [-0.3, -0.25) is 9.48 Å². The highest BCUT2D eigenvalue weighted by atomic mass is 32.2. The van der Waals surface area contributed by atoms with E-state index in [1.54, 1.807) is 10.9 Å². The number of nitrogens with zero attached hydrogens (tertiary/aromatic N) is 4. The van der Waals surface area contributed by atoms with Gasteiger partial charge in [-0.1, -0.05) is 6.92 Å². The van der Waals surface area contributed by atoms with Crippen LogP contribution in [0.1, 0.15) is 46.5 Å². The van der Waals surface area contributed by atoms with Crippen molar-refractivity contribution >= 4 is 15.9 Å². The molecule has 1 amide bonds. The summed E-state index contributed by atoms with van der Waals surface area (Å²) >= 11 is 0. The Morgan fingerprint density at radius 3 is 2.72 bits per heavy atom. The number of aryl methyl sites for hydroxylation is 1. The molecule has 0 saturated carbocycles. The Balaban J connectivity index is 1.80. The summed E-state index contributed by atoms with van der Waals surface area (Å²) in [7, 11) is -3.59. The number of piperidine rings is 1. The first kappa shape index (κ1) is 18.4. The quantitative estimate of drug-likeness (QED) is 0.793. The average Bonchev–Trinajstić information content (AvgIpc) is 3.19. The molecule has 1 aromatic rings. The molecule has 2 aliphatic heterocycles. The summed E-state index contributed by atoms with van der Waals surface area (Å²) in [6.07, 6.45) is 6.22. The Hall–Kier alpha value is -1.41. The highest BCUT2D eigenvalue weighted by molar-refractivity contribution is 7.89. The van der Waals surface area contributed by atoms with E-state index in [2.05, 4.69) is 5.10 Å². The van der Waals surface area contributed by atoms with Crippen LogP contribution in [-0.4, -0.2) is 59.0 Å². The average molecular weight is 369 g/mol. The zero-order chi connectivity index (χ0) is 18.2. The van der Waals surface area contributed by atoms with Gasteiger partial charge >= 0.3 is 0 Å². The van der Waals surface area contributed by atoms with Crippen molar-refractivity contribution in [3.8, 4) is 0 Å². The van der Waals surface area contributed by atoms with Crippen molar-refractivity contribution in [1.82, 2.24) is 19.0 Å². The van der Waals surface area contributed by atoms with Crippen LogP contribution < -0.4 is 0 Å². The summed E-state index contributed by atoms with van der Waals surface area (Å²) in [6.45, 7) is 8.21. The van der Waals surface area contributed by atoms with Gasteiger partial charge in [-0.15, -0.1) is 0 Å². The van der Waals surface area contributed by atoms with Crippen molar-refractivity contribution in [1.29, 1.82) is 0 Å². The molecule has 0 bridgehead atoms. The molecule has 2 fully saturated rings. The van der Waals surface area contributed by atoms with Gasteiger partial charge in [0.15, 0.2) is 0 Å². The highest BCUT2D eigenvalue weighted by Gasteiger charge is 2.51. The van der Waals surface area contributed by atoms with Gasteiger partial charge in [0.05, 0.1) is 11.6 Å². The van der Waals surface area contributed by atoms with Crippen LogP contribution in [0.4, 0.5) is 0 Å². The third-order valence-electron chi connectivity index (χ3n) is 5.41. The largest absolute Gasteiger partial charge is 0.340 e. The first-order chi connectivity index (χ1) is 11.8. The SMILES string of the molecule is CCCn1cc(S(=O)(=O)N2CC[C@]3(CCCN(C(C)C)C3=O)C2)cn1. The molecule has 0 aromatic carbocycles. The maximum Gasteiger partial charge on any atom is 0.246 e. The molecular formula is C17H28N4O3S. The minimum atomic E-state index is -3.59. The molecular weight excluding hydrogens is 340 g/mol. The molecule has 2 saturated heterocycles. The van der Waals surface area contributed by atoms with Crippen molar-refractivity contribution in [3.63, 3.8) is 0 Å². The Bertz CT molecular complexity index is 743. The summed E-state index contributed by atoms with van der Waals surface area (Å²) in [5, 5.41) is 4.13. The third-order valence-corrected chi connectivity index (χ3v) is 7.21. The number of hydrogen-bond acceptors (Lipinski definition) is 4. The van der Waals surface area contributed by atoms with Crippen molar-refractivity contribution in [2.24, 2.45) is 5.41 Å².